The van der Waals surface area contributed by atoms with Crippen LogP contribution < -0.4 is 21.3 Å². The van der Waals surface area contributed by atoms with Gasteiger partial charge in [-0.05, 0) is 69.7 Å². The minimum Gasteiger partial charge on any atom is -0.385 e. The van der Waals surface area contributed by atoms with Crippen LogP contribution in [0.5, 0.6) is 0 Å². The van der Waals surface area contributed by atoms with Crippen LogP contribution in [0.15, 0.2) is 48.5 Å². The van der Waals surface area contributed by atoms with Crippen LogP contribution in [0.1, 0.15) is 47.9 Å². The summed E-state index contributed by atoms with van der Waals surface area (Å²) in [6.45, 7) is 6.91. The Hall–Kier alpha value is -3.39. The Labute approximate surface area is 189 Å². The van der Waals surface area contributed by atoms with Crippen LogP contribution >= 0.6 is 0 Å². The zero-order valence-corrected chi connectivity index (χ0v) is 19.1. The number of carbonyl (C=O) groups is 3. The van der Waals surface area contributed by atoms with Crippen molar-refractivity contribution < 1.29 is 19.1 Å². The molecular formula is C24H32N4O4. The number of rotatable bonds is 10. The van der Waals surface area contributed by atoms with Crippen molar-refractivity contribution in [3.05, 3.63) is 59.7 Å². The van der Waals surface area contributed by atoms with Gasteiger partial charge in [0.15, 0.2) is 0 Å². The molecule has 0 fully saturated rings. The molecule has 0 aliphatic rings. The minimum atomic E-state index is -0.347. The van der Waals surface area contributed by atoms with E-state index < -0.39 is 0 Å². The first-order chi connectivity index (χ1) is 15.2. The summed E-state index contributed by atoms with van der Waals surface area (Å²) in [5.74, 6) is -0.603. The van der Waals surface area contributed by atoms with Crippen molar-refractivity contribution in [2.75, 3.05) is 37.4 Å². The smallest absolute Gasteiger partial charge is 0.251 e. The normalized spacial score (nSPS) is 10.9. The van der Waals surface area contributed by atoms with E-state index >= 15 is 0 Å². The molecule has 8 nitrogen and oxygen atoms in total. The third-order valence-electron chi connectivity index (χ3n) is 4.31. The molecule has 0 bridgehead atoms. The lowest BCUT2D eigenvalue weighted by Gasteiger charge is -2.20. The van der Waals surface area contributed by atoms with Crippen molar-refractivity contribution in [2.45, 2.75) is 32.7 Å². The zero-order valence-electron chi connectivity index (χ0n) is 19.1. The van der Waals surface area contributed by atoms with Crippen molar-refractivity contribution in [1.29, 1.82) is 0 Å². The summed E-state index contributed by atoms with van der Waals surface area (Å²) in [4.78, 5) is 36.7. The van der Waals surface area contributed by atoms with Crippen LogP contribution in [0, 0.1) is 0 Å². The third-order valence-corrected chi connectivity index (χ3v) is 4.31. The molecule has 0 aliphatic heterocycles. The van der Waals surface area contributed by atoms with Gasteiger partial charge in [0.25, 0.3) is 11.8 Å². The maximum Gasteiger partial charge on any atom is 0.251 e. The number of hydrogen-bond donors (Lipinski definition) is 4. The molecular weight excluding hydrogens is 408 g/mol. The van der Waals surface area contributed by atoms with E-state index in [-0.39, 0.29) is 29.8 Å². The average Bonchev–Trinajstić information content (AvgIpc) is 2.74. The van der Waals surface area contributed by atoms with Crippen LogP contribution in [0.25, 0.3) is 0 Å². The van der Waals surface area contributed by atoms with Crippen molar-refractivity contribution in [1.82, 2.24) is 10.6 Å². The van der Waals surface area contributed by atoms with E-state index in [9.17, 15) is 14.4 Å². The molecule has 0 radical (unpaired) electrons. The highest BCUT2D eigenvalue weighted by molar-refractivity contribution is 5.98. The van der Waals surface area contributed by atoms with E-state index in [0.717, 1.165) is 12.1 Å². The fourth-order valence-corrected chi connectivity index (χ4v) is 2.80. The number of methoxy groups -OCH3 is 1. The molecule has 0 saturated carbocycles. The van der Waals surface area contributed by atoms with Gasteiger partial charge in [0.05, 0.1) is 6.54 Å². The first kappa shape index (κ1) is 24.9. The average molecular weight is 441 g/mol. The zero-order chi connectivity index (χ0) is 23.6. The summed E-state index contributed by atoms with van der Waals surface area (Å²) in [6.07, 6.45) is 0.751. The fourth-order valence-electron chi connectivity index (χ4n) is 2.80. The maximum absolute atomic E-state index is 12.3. The lowest BCUT2D eigenvalue weighted by molar-refractivity contribution is -0.114. The number of ether oxygens (including phenoxy) is 1. The van der Waals surface area contributed by atoms with Gasteiger partial charge in [-0.1, -0.05) is 6.07 Å². The van der Waals surface area contributed by atoms with Crippen molar-refractivity contribution >= 4 is 29.1 Å². The van der Waals surface area contributed by atoms with E-state index in [1.165, 1.54) is 0 Å². The molecule has 2 aromatic rings. The van der Waals surface area contributed by atoms with E-state index in [2.05, 4.69) is 21.3 Å². The van der Waals surface area contributed by atoms with Gasteiger partial charge >= 0.3 is 0 Å². The number of nitrogens with one attached hydrogen (secondary N) is 4. The second kappa shape index (κ2) is 11.9. The number of benzene rings is 2. The third kappa shape index (κ3) is 8.77. The summed E-state index contributed by atoms with van der Waals surface area (Å²) in [6, 6.07) is 13.7. The highest BCUT2D eigenvalue weighted by Crippen LogP contribution is 2.13. The number of hydrogen-bond acceptors (Lipinski definition) is 5. The molecule has 8 heteroatoms. The van der Waals surface area contributed by atoms with Gasteiger partial charge in [-0.3, -0.25) is 14.4 Å². The quantitative estimate of drug-likeness (QED) is 0.425. The predicted molar refractivity (Wildman–Crippen MR) is 126 cm³/mol. The predicted octanol–water partition coefficient (Wildman–Crippen LogP) is 3.03. The van der Waals surface area contributed by atoms with Crippen LogP contribution in [0.4, 0.5) is 11.4 Å². The molecule has 0 spiro atoms. The van der Waals surface area contributed by atoms with E-state index in [1.807, 2.05) is 20.8 Å². The lowest BCUT2D eigenvalue weighted by atomic mass is 10.1. The molecule has 0 aromatic heterocycles. The Morgan fingerprint density at radius 2 is 1.62 bits per heavy atom. The van der Waals surface area contributed by atoms with Crippen molar-refractivity contribution in [3.8, 4) is 0 Å². The molecule has 0 heterocycles. The topological polar surface area (TPSA) is 109 Å². The lowest BCUT2D eigenvalue weighted by Crippen LogP contribution is -2.40. The van der Waals surface area contributed by atoms with Crippen LogP contribution in [0.2, 0.25) is 0 Å². The van der Waals surface area contributed by atoms with E-state index in [4.69, 9.17) is 4.74 Å². The molecule has 3 amide bonds. The second-order valence-electron chi connectivity index (χ2n) is 8.37. The second-order valence-corrected chi connectivity index (χ2v) is 8.37. The van der Waals surface area contributed by atoms with Crippen molar-refractivity contribution in [2.24, 2.45) is 0 Å². The summed E-state index contributed by atoms with van der Waals surface area (Å²) in [5, 5.41) is 11.5. The summed E-state index contributed by atoms with van der Waals surface area (Å²) in [5.41, 5.74) is 1.93. The molecule has 0 atom stereocenters. The molecule has 2 rings (SSSR count). The van der Waals surface area contributed by atoms with Gasteiger partial charge in [-0.15, -0.1) is 0 Å². The first-order valence-electron chi connectivity index (χ1n) is 10.5. The van der Waals surface area contributed by atoms with Crippen LogP contribution in [-0.2, 0) is 9.53 Å². The van der Waals surface area contributed by atoms with Gasteiger partial charge < -0.3 is 26.0 Å². The Balaban J connectivity index is 1.83. The number of carbonyl (C=O) groups excluding carboxylic acids is 3. The van der Waals surface area contributed by atoms with Gasteiger partial charge in [-0.25, -0.2) is 0 Å². The SMILES string of the molecule is COCCCNC(=O)c1ccc(NCC(=O)Nc2cccc(C(=O)NC(C)(C)C)c2)cc1. The molecule has 0 saturated heterocycles. The standard InChI is InChI=1S/C24H32N4O4/c1-24(2,3)28-23(31)18-7-5-8-20(15-18)27-21(29)16-26-19-11-9-17(10-12-19)22(30)25-13-6-14-32-4/h5,7-12,15,26H,6,13-14,16H2,1-4H3,(H,25,30)(H,27,29)(H,28,31). The molecule has 2 aromatic carbocycles. The summed E-state index contributed by atoms with van der Waals surface area (Å²) in [7, 11) is 1.62. The van der Waals surface area contributed by atoms with Gasteiger partial charge in [-0.2, -0.15) is 0 Å². The Morgan fingerprint density at radius 3 is 2.28 bits per heavy atom. The molecule has 172 valence electrons. The minimum absolute atomic E-state index is 0.0426. The summed E-state index contributed by atoms with van der Waals surface area (Å²) < 4.78 is 4.95. The number of amides is 3. The van der Waals surface area contributed by atoms with Crippen LogP contribution in [-0.4, -0.2) is 50.1 Å². The molecule has 0 unspecified atom stereocenters. The molecule has 0 aliphatic carbocycles. The Morgan fingerprint density at radius 1 is 0.906 bits per heavy atom. The van der Waals surface area contributed by atoms with Crippen LogP contribution in [0.3, 0.4) is 0 Å². The maximum atomic E-state index is 12.3. The van der Waals surface area contributed by atoms with Crippen molar-refractivity contribution in [3.63, 3.8) is 0 Å². The highest BCUT2D eigenvalue weighted by atomic mass is 16.5. The summed E-state index contributed by atoms with van der Waals surface area (Å²) >= 11 is 0. The van der Waals surface area contributed by atoms with Gasteiger partial charge in [0, 0.05) is 48.3 Å². The largest absolute Gasteiger partial charge is 0.385 e. The molecule has 4 N–H and O–H groups in total. The Kier molecular flexibility index (Phi) is 9.22. The highest BCUT2D eigenvalue weighted by Gasteiger charge is 2.15. The number of anilines is 2. The Bertz CT molecular complexity index is 920. The van der Waals surface area contributed by atoms with E-state index in [0.29, 0.717) is 30.0 Å². The molecule has 32 heavy (non-hydrogen) atoms. The monoisotopic (exact) mass is 440 g/mol. The fraction of sp³-hybridized carbons (Fsp3) is 0.375. The first-order valence-corrected chi connectivity index (χ1v) is 10.5. The van der Waals surface area contributed by atoms with E-state index in [1.54, 1.807) is 55.6 Å². The van der Waals surface area contributed by atoms with Gasteiger partial charge in [0.2, 0.25) is 5.91 Å². The van der Waals surface area contributed by atoms with Gasteiger partial charge in [0.1, 0.15) is 0 Å².